The second-order valence-corrected chi connectivity index (χ2v) is 4.88. The lowest BCUT2D eigenvalue weighted by Gasteiger charge is -2.03. The van der Waals surface area contributed by atoms with Crippen LogP contribution in [0.3, 0.4) is 0 Å². The molecule has 19 heavy (non-hydrogen) atoms. The van der Waals surface area contributed by atoms with Gasteiger partial charge in [-0.3, -0.25) is 4.79 Å². The van der Waals surface area contributed by atoms with E-state index in [-0.39, 0.29) is 23.7 Å². The molecule has 2 N–H and O–H groups in total. The standard InChI is InChI=1S/C12H11N3O3S/c1-7-14-9(6-19-7)5-11(16)15-10-4-8(12(17)18)2-3-13-10/h2-4,6H,5H2,1H3,(H,17,18)(H,13,15,16). The second-order valence-electron chi connectivity index (χ2n) is 3.82. The van der Waals surface area contributed by atoms with Crippen molar-refractivity contribution >= 4 is 29.0 Å². The van der Waals surface area contributed by atoms with Gasteiger partial charge in [-0.1, -0.05) is 0 Å². The summed E-state index contributed by atoms with van der Waals surface area (Å²) in [5, 5.41) is 14.1. The molecule has 0 unspecified atom stereocenters. The molecule has 1 amide bonds. The van der Waals surface area contributed by atoms with E-state index in [1.54, 1.807) is 0 Å². The van der Waals surface area contributed by atoms with Crippen LogP contribution >= 0.6 is 11.3 Å². The minimum Gasteiger partial charge on any atom is -0.478 e. The molecule has 2 aromatic heterocycles. The number of aromatic carboxylic acids is 1. The number of amides is 1. The van der Waals surface area contributed by atoms with Crippen molar-refractivity contribution in [2.24, 2.45) is 0 Å². The van der Waals surface area contributed by atoms with Gasteiger partial charge in [0.15, 0.2) is 0 Å². The molecule has 0 aliphatic rings. The summed E-state index contributed by atoms with van der Waals surface area (Å²) in [6, 6.07) is 2.67. The Hall–Kier alpha value is -2.28. The van der Waals surface area contributed by atoms with Gasteiger partial charge in [-0.2, -0.15) is 0 Å². The van der Waals surface area contributed by atoms with E-state index in [1.165, 1.54) is 29.7 Å². The lowest BCUT2D eigenvalue weighted by atomic mass is 10.2. The zero-order valence-corrected chi connectivity index (χ0v) is 10.9. The Bertz CT molecular complexity index is 624. The van der Waals surface area contributed by atoms with Crippen molar-refractivity contribution in [1.82, 2.24) is 9.97 Å². The molecule has 0 fully saturated rings. The molecule has 0 aliphatic carbocycles. The number of carbonyl (C=O) groups excluding carboxylic acids is 1. The van der Waals surface area contributed by atoms with Gasteiger partial charge in [-0.25, -0.2) is 14.8 Å². The quantitative estimate of drug-likeness (QED) is 0.887. The largest absolute Gasteiger partial charge is 0.478 e. The number of carboxylic acids is 1. The SMILES string of the molecule is Cc1nc(CC(=O)Nc2cc(C(=O)O)ccn2)cs1. The lowest BCUT2D eigenvalue weighted by Crippen LogP contribution is -2.16. The van der Waals surface area contributed by atoms with Crippen molar-refractivity contribution in [3.05, 3.63) is 40.0 Å². The molecule has 2 heterocycles. The molecule has 2 rings (SSSR count). The first-order valence-corrected chi connectivity index (χ1v) is 6.33. The number of thiazole rings is 1. The van der Waals surface area contributed by atoms with Gasteiger partial charge in [-0.05, 0) is 19.1 Å². The summed E-state index contributed by atoms with van der Waals surface area (Å²) in [6.45, 7) is 1.87. The van der Waals surface area contributed by atoms with Crippen LogP contribution in [0.15, 0.2) is 23.7 Å². The van der Waals surface area contributed by atoms with Crippen molar-refractivity contribution in [3.63, 3.8) is 0 Å². The average Bonchev–Trinajstić information content (AvgIpc) is 2.74. The molecule has 2 aromatic rings. The first-order chi connectivity index (χ1) is 9.04. The van der Waals surface area contributed by atoms with E-state index in [1.807, 2.05) is 12.3 Å². The van der Waals surface area contributed by atoms with Gasteiger partial charge in [0.25, 0.3) is 0 Å². The van der Waals surface area contributed by atoms with Crippen LogP contribution in [0, 0.1) is 6.92 Å². The number of nitrogens with zero attached hydrogens (tertiary/aromatic N) is 2. The number of rotatable bonds is 4. The summed E-state index contributed by atoms with van der Waals surface area (Å²) in [4.78, 5) is 30.6. The van der Waals surface area contributed by atoms with Crippen LogP contribution in [0.4, 0.5) is 5.82 Å². The smallest absolute Gasteiger partial charge is 0.335 e. The summed E-state index contributed by atoms with van der Waals surface area (Å²) in [6.07, 6.45) is 1.48. The van der Waals surface area contributed by atoms with Gasteiger partial charge in [0, 0.05) is 11.6 Å². The van der Waals surface area contributed by atoms with E-state index < -0.39 is 5.97 Å². The van der Waals surface area contributed by atoms with Gasteiger partial charge in [0.05, 0.1) is 22.7 Å². The number of pyridine rings is 1. The molecule has 98 valence electrons. The Balaban J connectivity index is 2.02. The summed E-state index contributed by atoms with van der Waals surface area (Å²) < 4.78 is 0. The highest BCUT2D eigenvalue weighted by Gasteiger charge is 2.09. The molecular formula is C12H11N3O3S. The third-order valence-corrected chi connectivity index (χ3v) is 3.10. The van der Waals surface area contributed by atoms with Crippen LogP contribution in [-0.2, 0) is 11.2 Å². The van der Waals surface area contributed by atoms with Gasteiger partial charge in [0.2, 0.25) is 5.91 Å². The predicted molar refractivity (Wildman–Crippen MR) is 70.4 cm³/mol. The molecule has 6 nitrogen and oxygen atoms in total. The average molecular weight is 277 g/mol. The van der Waals surface area contributed by atoms with E-state index in [0.717, 1.165) is 5.01 Å². The number of hydrogen-bond acceptors (Lipinski definition) is 5. The normalized spacial score (nSPS) is 10.2. The van der Waals surface area contributed by atoms with Crippen LogP contribution in [0.5, 0.6) is 0 Å². The Morgan fingerprint density at radius 3 is 2.89 bits per heavy atom. The van der Waals surface area contributed by atoms with Crippen molar-refractivity contribution in [2.75, 3.05) is 5.32 Å². The Labute approximate surface area is 113 Å². The fraction of sp³-hybridized carbons (Fsp3) is 0.167. The molecule has 0 saturated carbocycles. The molecule has 7 heteroatoms. The third kappa shape index (κ3) is 3.59. The van der Waals surface area contributed by atoms with Crippen molar-refractivity contribution in [1.29, 1.82) is 0 Å². The van der Waals surface area contributed by atoms with Crippen molar-refractivity contribution in [3.8, 4) is 0 Å². The predicted octanol–water partition coefficient (Wildman–Crippen LogP) is 1.73. The van der Waals surface area contributed by atoms with Crippen LogP contribution < -0.4 is 5.32 Å². The Kier molecular flexibility index (Phi) is 3.86. The van der Waals surface area contributed by atoms with Crippen molar-refractivity contribution in [2.45, 2.75) is 13.3 Å². The van der Waals surface area contributed by atoms with Crippen LogP contribution in [0.2, 0.25) is 0 Å². The molecule has 0 aromatic carbocycles. The molecule has 0 aliphatic heterocycles. The number of aromatic nitrogens is 2. The maximum Gasteiger partial charge on any atom is 0.335 e. The summed E-state index contributed by atoms with van der Waals surface area (Å²) >= 11 is 1.47. The van der Waals surface area contributed by atoms with E-state index in [0.29, 0.717) is 5.69 Å². The monoisotopic (exact) mass is 277 g/mol. The van der Waals surface area contributed by atoms with Gasteiger partial charge < -0.3 is 10.4 Å². The zero-order valence-electron chi connectivity index (χ0n) is 10.1. The minimum absolute atomic E-state index is 0.0785. The van der Waals surface area contributed by atoms with Crippen LogP contribution in [-0.4, -0.2) is 27.0 Å². The lowest BCUT2D eigenvalue weighted by molar-refractivity contribution is -0.115. The number of aryl methyl sites for hydroxylation is 1. The van der Waals surface area contributed by atoms with E-state index in [2.05, 4.69) is 15.3 Å². The molecule has 0 spiro atoms. The van der Waals surface area contributed by atoms with Crippen LogP contribution in [0.1, 0.15) is 21.1 Å². The minimum atomic E-state index is -1.06. The highest BCUT2D eigenvalue weighted by molar-refractivity contribution is 7.09. The summed E-state index contributed by atoms with van der Waals surface area (Å²) in [5.41, 5.74) is 0.768. The zero-order chi connectivity index (χ0) is 13.8. The first kappa shape index (κ1) is 13.2. The molecule has 0 atom stereocenters. The molecule has 0 radical (unpaired) electrons. The van der Waals surface area contributed by atoms with E-state index in [9.17, 15) is 9.59 Å². The Morgan fingerprint density at radius 1 is 1.47 bits per heavy atom. The number of hydrogen-bond donors (Lipinski definition) is 2. The van der Waals surface area contributed by atoms with E-state index >= 15 is 0 Å². The molecule has 0 saturated heterocycles. The third-order valence-electron chi connectivity index (χ3n) is 2.28. The van der Waals surface area contributed by atoms with Gasteiger partial charge in [-0.15, -0.1) is 11.3 Å². The van der Waals surface area contributed by atoms with Gasteiger partial charge >= 0.3 is 5.97 Å². The van der Waals surface area contributed by atoms with Crippen LogP contribution in [0.25, 0.3) is 0 Å². The number of carboxylic acid groups (broad SMARTS) is 1. The fourth-order valence-electron chi connectivity index (χ4n) is 1.47. The fourth-order valence-corrected chi connectivity index (χ4v) is 2.09. The highest BCUT2D eigenvalue weighted by atomic mass is 32.1. The summed E-state index contributed by atoms with van der Waals surface area (Å²) in [7, 11) is 0. The highest BCUT2D eigenvalue weighted by Crippen LogP contribution is 2.10. The maximum absolute atomic E-state index is 11.7. The molecular weight excluding hydrogens is 266 g/mol. The first-order valence-electron chi connectivity index (χ1n) is 5.45. The van der Waals surface area contributed by atoms with Crippen molar-refractivity contribution < 1.29 is 14.7 Å². The second kappa shape index (κ2) is 5.57. The maximum atomic E-state index is 11.7. The number of carbonyl (C=O) groups is 2. The van der Waals surface area contributed by atoms with Gasteiger partial charge in [0.1, 0.15) is 5.82 Å². The number of anilines is 1. The Morgan fingerprint density at radius 2 is 2.26 bits per heavy atom. The molecule has 0 bridgehead atoms. The number of nitrogens with one attached hydrogen (secondary N) is 1. The summed E-state index contributed by atoms with van der Waals surface area (Å²) in [5.74, 6) is -1.12. The van der Waals surface area contributed by atoms with E-state index in [4.69, 9.17) is 5.11 Å². The topological polar surface area (TPSA) is 92.2 Å².